The highest BCUT2D eigenvalue weighted by Gasteiger charge is 2.43. The summed E-state index contributed by atoms with van der Waals surface area (Å²) in [5.41, 5.74) is 0. The van der Waals surface area contributed by atoms with E-state index in [4.69, 9.17) is 9.15 Å². The molecule has 0 aliphatic carbocycles. The molecular weight excluding hydrogens is 376 g/mol. The van der Waals surface area contributed by atoms with E-state index < -0.39 is 23.8 Å². The molecule has 0 unspecified atom stereocenters. The van der Waals surface area contributed by atoms with E-state index in [2.05, 4.69) is 25.2 Å². The zero-order valence-electron chi connectivity index (χ0n) is 16.0. The van der Waals surface area contributed by atoms with Crippen LogP contribution in [0.3, 0.4) is 0 Å². The predicted octanol–water partition coefficient (Wildman–Crippen LogP) is 0.598. The van der Waals surface area contributed by atoms with E-state index >= 15 is 0 Å². The lowest BCUT2D eigenvalue weighted by Crippen LogP contribution is -2.57. The number of esters is 1. The summed E-state index contributed by atoms with van der Waals surface area (Å²) in [7, 11) is 0. The highest BCUT2D eigenvalue weighted by Crippen LogP contribution is 2.31. The Morgan fingerprint density at radius 1 is 1.21 bits per heavy atom. The minimum atomic E-state index is -1.08. The van der Waals surface area contributed by atoms with Crippen molar-refractivity contribution in [2.45, 2.75) is 13.0 Å². The molecule has 29 heavy (non-hydrogen) atoms. The number of anilines is 1. The number of rotatable bonds is 4. The predicted molar refractivity (Wildman–Crippen MR) is 103 cm³/mol. The van der Waals surface area contributed by atoms with Crippen molar-refractivity contribution >= 4 is 23.8 Å². The van der Waals surface area contributed by atoms with Crippen LogP contribution in [0.25, 0.3) is 0 Å². The van der Waals surface area contributed by atoms with E-state index in [0.717, 1.165) is 0 Å². The van der Waals surface area contributed by atoms with Crippen LogP contribution in [0, 0.1) is 5.92 Å². The topological polar surface area (TPSA) is 113 Å². The third kappa shape index (κ3) is 3.91. The minimum Gasteiger partial charge on any atom is -0.467 e. The number of aromatic nitrogens is 2. The summed E-state index contributed by atoms with van der Waals surface area (Å²) in [6, 6.07) is 4.43. The van der Waals surface area contributed by atoms with Crippen LogP contribution in [-0.4, -0.2) is 65.5 Å². The lowest BCUT2D eigenvalue weighted by molar-refractivity contribution is -0.153. The molecule has 10 nitrogen and oxygen atoms in total. The Morgan fingerprint density at radius 2 is 1.93 bits per heavy atom. The fourth-order valence-corrected chi connectivity index (χ4v) is 3.46. The molecular formula is C19H22N6O4. The zero-order valence-corrected chi connectivity index (χ0v) is 16.0. The number of amides is 1. The van der Waals surface area contributed by atoms with Gasteiger partial charge in [-0.15, -0.1) is 0 Å². The molecule has 10 heteroatoms. The van der Waals surface area contributed by atoms with Gasteiger partial charge in [0.25, 0.3) is 0 Å². The second-order valence-electron chi connectivity index (χ2n) is 6.65. The van der Waals surface area contributed by atoms with Gasteiger partial charge in [-0.2, -0.15) is 0 Å². The monoisotopic (exact) mass is 398 g/mol. The summed E-state index contributed by atoms with van der Waals surface area (Å²) in [4.78, 5) is 42.4. The fraction of sp³-hybridized carbons (Fsp3) is 0.421. The Labute approximate surface area is 167 Å². The van der Waals surface area contributed by atoms with Gasteiger partial charge < -0.3 is 19.0 Å². The van der Waals surface area contributed by atoms with Crippen LogP contribution in [0.5, 0.6) is 0 Å². The standard InChI is InChI=1S/C19H22N6O4/c1-2-28-17(27)14-15(13-5-3-12-29-13)22-19(23-16(14)26)25-10-8-24(9-11-25)18-20-6-4-7-21-18/h3-7,12,14-15H,2,8-11H2,1H3,(H,22,23,26)/t14-,15-/m1/s1. The SMILES string of the molecule is CCOC(=O)[C@H]1C(=O)NC(N2CCN(c3ncccn3)CC2)=N[C@@H]1c1ccco1. The molecule has 1 N–H and O–H groups in total. The molecule has 2 aromatic heterocycles. The molecule has 0 aromatic carbocycles. The van der Waals surface area contributed by atoms with Crippen LogP contribution in [-0.2, 0) is 14.3 Å². The van der Waals surface area contributed by atoms with Crippen LogP contribution in [0.4, 0.5) is 5.95 Å². The van der Waals surface area contributed by atoms with E-state index in [1.807, 2.05) is 4.90 Å². The number of guanidine groups is 1. The van der Waals surface area contributed by atoms with Crippen molar-refractivity contribution in [3.05, 3.63) is 42.6 Å². The van der Waals surface area contributed by atoms with Crippen LogP contribution in [0.15, 0.2) is 46.3 Å². The maximum absolute atomic E-state index is 12.8. The van der Waals surface area contributed by atoms with Crippen molar-refractivity contribution < 1.29 is 18.7 Å². The van der Waals surface area contributed by atoms with Gasteiger partial charge in [-0.3, -0.25) is 14.9 Å². The van der Waals surface area contributed by atoms with E-state index in [1.165, 1.54) is 6.26 Å². The van der Waals surface area contributed by atoms with Gasteiger partial charge in [0.05, 0.1) is 12.9 Å². The zero-order chi connectivity index (χ0) is 20.2. The lowest BCUT2D eigenvalue weighted by atomic mass is 9.95. The molecule has 4 rings (SSSR count). The average molecular weight is 398 g/mol. The molecule has 1 amide bonds. The highest BCUT2D eigenvalue weighted by molar-refractivity contribution is 6.08. The molecule has 2 aliphatic heterocycles. The summed E-state index contributed by atoms with van der Waals surface area (Å²) >= 11 is 0. The van der Waals surface area contributed by atoms with E-state index in [-0.39, 0.29) is 6.61 Å². The third-order valence-corrected chi connectivity index (χ3v) is 4.88. The first-order valence-corrected chi connectivity index (χ1v) is 9.53. The number of nitrogens with one attached hydrogen (secondary N) is 1. The molecule has 0 radical (unpaired) electrons. The third-order valence-electron chi connectivity index (χ3n) is 4.88. The molecule has 2 atom stereocenters. The number of carbonyl (C=O) groups excluding carboxylic acids is 2. The van der Waals surface area contributed by atoms with Crippen molar-refractivity contribution in [1.29, 1.82) is 0 Å². The number of hydrogen-bond donors (Lipinski definition) is 1. The molecule has 0 bridgehead atoms. The van der Waals surface area contributed by atoms with Crippen molar-refractivity contribution in [3.8, 4) is 0 Å². The van der Waals surface area contributed by atoms with Crippen molar-refractivity contribution in [2.75, 3.05) is 37.7 Å². The van der Waals surface area contributed by atoms with Gasteiger partial charge in [0.1, 0.15) is 11.8 Å². The summed E-state index contributed by atoms with van der Waals surface area (Å²) < 4.78 is 10.5. The van der Waals surface area contributed by atoms with Crippen LogP contribution in [0.1, 0.15) is 18.7 Å². The smallest absolute Gasteiger partial charge is 0.321 e. The normalized spacial score (nSPS) is 22.1. The Morgan fingerprint density at radius 3 is 2.59 bits per heavy atom. The molecule has 2 aliphatic rings. The van der Waals surface area contributed by atoms with Crippen LogP contribution < -0.4 is 10.2 Å². The Bertz CT molecular complexity index is 877. The second kappa shape index (κ2) is 8.29. The largest absolute Gasteiger partial charge is 0.467 e. The number of furan rings is 1. The molecule has 1 fully saturated rings. The number of nitrogens with zero attached hydrogens (tertiary/aromatic N) is 5. The van der Waals surface area contributed by atoms with Gasteiger partial charge in [-0.1, -0.05) is 0 Å². The molecule has 0 saturated carbocycles. The van der Waals surface area contributed by atoms with Crippen molar-refractivity contribution in [3.63, 3.8) is 0 Å². The van der Waals surface area contributed by atoms with Crippen molar-refractivity contribution in [1.82, 2.24) is 20.2 Å². The van der Waals surface area contributed by atoms with Gasteiger partial charge in [0.2, 0.25) is 17.8 Å². The quantitative estimate of drug-likeness (QED) is 0.588. The van der Waals surface area contributed by atoms with E-state index in [1.54, 1.807) is 37.5 Å². The van der Waals surface area contributed by atoms with Gasteiger partial charge in [-0.25, -0.2) is 15.0 Å². The molecule has 1 saturated heterocycles. The van der Waals surface area contributed by atoms with Gasteiger partial charge >= 0.3 is 5.97 Å². The van der Waals surface area contributed by atoms with Gasteiger partial charge in [0.15, 0.2) is 5.92 Å². The number of carbonyl (C=O) groups is 2. The molecule has 0 spiro atoms. The van der Waals surface area contributed by atoms with E-state index in [0.29, 0.717) is 43.8 Å². The fourth-order valence-electron chi connectivity index (χ4n) is 3.46. The first kappa shape index (κ1) is 18.9. The first-order valence-electron chi connectivity index (χ1n) is 9.53. The summed E-state index contributed by atoms with van der Waals surface area (Å²) in [6.07, 6.45) is 4.92. The Hall–Kier alpha value is -3.43. The Balaban J connectivity index is 1.53. The summed E-state index contributed by atoms with van der Waals surface area (Å²) in [5, 5.41) is 2.77. The Kier molecular flexibility index (Phi) is 5.41. The van der Waals surface area contributed by atoms with Gasteiger partial charge in [-0.05, 0) is 25.1 Å². The molecule has 4 heterocycles. The maximum Gasteiger partial charge on any atom is 0.321 e. The molecule has 152 valence electrons. The van der Waals surface area contributed by atoms with Crippen LogP contribution >= 0.6 is 0 Å². The number of piperazine rings is 1. The molecule has 2 aromatic rings. The number of hydrogen-bond acceptors (Lipinski definition) is 9. The number of ether oxygens (including phenoxy) is 1. The lowest BCUT2D eigenvalue weighted by Gasteiger charge is -2.38. The maximum atomic E-state index is 12.8. The number of aliphatic imine (C=N–C) groups is 1. The summed E-state index contributed by atoms with van der Waals surface area (Å²) in [6.45, 7) is 4.52. The van der Waals surface area contributed by atoms with E-state index in [9.17, 15) is 9.59 Å². The minimum absolute atomic E-state index is 0.188. The van der Waals surface area contributed by atoms with Crippen LogP contribution in [0.2, 0.25) is 0 Å². The average Bonchev–Trinajstić information content (AvgIpc) is 3.29. The second-order valence-corrected chi connectivity index (χ2v) is 6.65. The highest BCUT2D eigenvalue weighted by atomic mass is 16.5. The first-order chi connectivity index (χ1) is 14.2. The van der Waals surface area contributed by atoms with Crippen molar-refractivity contribution in [2.24, 2.45) is 10.9 Å². The van der Waals surface area contributed by atoms with Gasteiger partial charge in [0, 0.05) is 38.6 Å². The summed E-state index contributed by atoms with van der Waals surface area (Å²) in [5.74, 6) is -0.567.